The molecule has 0 radical (unpaired) electrons. The summed E-state index contributed by atoms with van der Waals surface area (Å²) in [7, 11) is 2.13. The van der Waals surface area contributed by atoms with Crippen molar-refractivity contribution in [3.8, 4) is 0 Å². The van der Waals surface area contributed by atoms with Crippen LogP contribution in [0, 0.1) is 18.7 Å². The SMILES string of the molecule is Cc1cc(CC(=O)N2C[C@@H](N3CCN(C)CC3)C[C@H]2COC2CCC(C=O)CC2)c(F)cc1NC(=O)c1csc2ccccc12. The summed E-state index contributed by atoms with van der Waals surface area (Å²) in [6.45, 7) is 6.82. The zero-order valence-electron chi connectivity index (χ0n) is 26.2. The van der Waals surface area contributed by atoms with E-state index in [2.05, 4.69) is 22.2 Å². The number of fused-ring (bicyclic) bond motifs is 1. The average Bonchev–Trinajstić information content (AvgIpc) is 3.68. The van der Waals surface area contributed by atoms with Gasteiger partial charge in [-0.25, -0.2) is 4.39 Å². The molecule has 0 spiro atoms. The highest BCUT2D eigenvalue weighted by atomic mass is 32.1. The molecule has 0 unspecified atom stereocenters. The minimum absolute atomic E-state index is 0.0491. The molecule has 45 heavy (non-hydrogen) atoms. The van der Waals surface area contributed by atoms with Crippen LogP contribution in [0.15, 0.2) is 41.8 Å². The van der Waals surface area contributed by atoms with Gasteiger partial charge in [0, 0.05) is 65.8 Å². The second kappa shape index (κ2) is 14.1. The number of ether oxygens (including phenoxy) is 1. The lowest BCUT2D eigenvalue weighted by Crippen LogP contribution is -2.50. The average molecular weight is 635 g/mol. The number of aryl methyl sites for hydroxylation is 1. The molecular weight excluding hydrogens is 591 g/mol. The third-order valence-electron chi connectivity index (χ3n) is 9.91. The molecule has 2 amide bonds. The van der Waals surface area contributed by atoms with Crippen molar-refractivity contribution in [1.29, 1.82) is 0 Å². The number of benzene rings is 2. The highest BCUT2D eigenvalue weighted by Crippen LogP contribution is 2.30. The maximum Gasteiger partial charge on any atom is 0.257 e. The Balaban J connectivity index is 1.13. The first-order valence-electron chi connectivity index (χ1n) is 16.1. The van der Waals surface area contributed by atoms with Crippen molar-refractivity contribution in [3.05, 3.63) is 64.3 Å². The van der Waals surface area contributed by atoms with E-state index in [1.54, 1.807) is 6.07 Å². The number of likely N-dealkylation sites (tertiary alicyclic amines) is 1. The van der Waals surface area contributed by atoms with Crippen molar-refractivity contribution in [2.45, 2.75) is 63.6 Å². The van der Waals surface area contributed by atoms with E-state index in [-0.39, 0.29) is 42.3 Å². The molecule has 2 atom stereocenters. The lowest BCUT2D eigenvalue weighted by atomic mass is 9.88. The van der Waals surface area contributed by atoms with Gasteiger partial charge in [-0.2, -0.15) is 0 Å². The molecule has 8 nitrogen and oxygen atoms in total. The van der Waals surface area contributed by atoms with Gasteiger partial charge in [0.05, 0.1) is 30.7 Å². The van der Waals surface area contributed by atoms with Crippen LogP contribution in [-0.2, 0) is 20.7 Å². The number of carbonyl (C=O) groups excluding carboxylic acids is 3. The van der Waals surface area contributed by atoms with E-state index in [4.69, 9.17) is 4.74 Å². The molecule has 10 heteroatoms. The summed E-state index contributed by atoms with van der Waals surface area (Å²) in [6, 6.07) is 10.9. The zero-order valence-corrected chi connectivity index (χ0v) is 27.0. The molecule has 1 saturated carbocycles. The highest BCUT2D eigenvalue weighted by Gasteiger charge is 2.39. The molecule has 0 bridgehead atoms. The Labute approximate surface area is 268 Å². The molecule has 3 aromatic rings. The van der Waals surface area contributed by atoms with Crippen LogP contribution in [0.25, 0.3) is 10.1 Å². The monoisotopic (exact) mass is 634 g/mol. The van der Waals surface area contributed by atoms with Gasteiger partial charge >= 0.3 is 0 Å². The van der Waals surface area contributed by atoms with Gasteiger partial charge in [0.25, 0.3) is 5.91 Å². The fourth-order valence-corrected chi connectivity index (χ4v) is 8.01. The molecule has 1 aliphatic carbocycles. The van der Waals surface area contributed by atoms with E-state index in [9.17, 15) is 14.4 Å². The molecule has 3 fully saturated rings. The molecule has 3 aliphatic rings. The van der Waals surface area contributed by atoms with Gasteiger partial charge in [0.2, 0.25) is 5.91 Å². The summed E-state index contributed by atoms with van der Waals surface area (Å²) < 4.78 is 22.9. The third-order valence-corrected chi connectivity index (χ3v) is 10.9. The molecule has 3 heterocycles. The van der Waals surface area contributed by atoms with Gasteiger partial charge in [-0.1, -0.05) is 24.3 Å². The second-order valence-corrected chi connectivity index (χ2v) is 13.9. The van der Waals surface area contributed by atoms with E-state index >= 15 is 4.39 Å². The van der Waals surface area contributed by atoms with Gasteiger partial charge in [0.1, 0.15) is 12.1 Å². The van der Waals surface area contributed by atoms with Crippen LogP contribution in [-0.4, -0.2) is 97.4 Å². The number of rotatable bonds is 9. The van der Waals surface area contributed by atoms with Crippen molar-refractivity contribution in [3.63, 3.8) is 0 Å². The van der Waals surface area contributed by atoms with Crippen LogP contribution in [0.2, 0.25) is 0 Å². The minimum atomic E-state index is -0.506. The van der Waals surface area contributed by atoms with E-state index in [1.807, 2.05) is 41.5 Å². The van der Waals surface area contributed by atoms with Gasteiger partial charge in [0.15, 0.2) is 0 Å². The number of halogens is 1. The number of anilines is 1. The van der Waals surface area contributed by atoms with Gasteiger partial charge in [-0.15, -0.1) is 11.3 Å². The zero-order chi connectivity index (χ0) is 31.5. The van der Waals surface area contributed by atoms with E-state index in [0.717, 1.165) is 74.7 Å². The van der Waals surface area contributed by atoms with E-state index < -0.39 is 5.82 Å². The standard InChI is InChI=1S/C35H43FN4O4S/c1-23-15-25(31(36)18-32(23)37-35(43)30-22-45-33-6-4-3-5-29(30)33)16-34(42)40-19-26(39-13-11-38(2)12-14-39)17-27(40)21-44-28-9-7-24(20-41)8-10-28/h3-6,15,18,20,22,24,26-28H,7-14,16-17,19,21H2,1-2H3,(H,37,43)/t24?,26-,27-,28?/m0/s1. The molecule has 2 aromatic carbocycles. The number of likely N-dealkylation sites (N-methyl/N-ethyl adjacent to an activating group) is 1. The molecule has 2 saturated heterocycles. The van der Waals surface area contributed by atoms with Crippen molar-refractivity contribution < 1.29 is 23.5 Å². The van der Waals surface area contributed by atoms with Crippen molar-refractivity contribution in [2.24, 2.45) is 5.92 Å². The Morgan fingerprint density at radius 1 is 1.09 bits per heavy atom. The maximum absolute atomic E-state index is 15.5. The number of piperazine rings is 1. The minimum Gasteiger partial charge on any atom is -0.376 e. The fraction of sp³-hybridized carbons (Fsp3) is 0.514. The van der Waals surface area contributed by atoms with Gasteiger partial charge in [-0.3, -0.25) is 14.5 Å². The largest absolute Gasteiger partial charge is 0.376 e. The molecular formula is C35H43FN4O4S. The Morgan fingerprint density at radius 2 is 1.84 bits per heavy atom. The normalized spacial score (nSPS) is 24.6. The number of hydrogen-bond acceptors (Lipinski definition) is 7. The van der Waals surface area contributed by atoms with Crippen LogP contribution in [0.3, 0.4) is 0 Å². The maximum atomic E-state index is 15.5. The van der Waals surface area contributed by atoms with E-state index in [1.165, 1.54) is 17.4 Å². The number of nitrogens with zero attached hydrogens (tertiary/aromatic N) is 3. The second-order valence-electron chi connectivity index (χ2n) is 13.0. The van der Waals surface area contributed by atoms with E-state index in [0.29, 0.717) is 35.5 Å². The van der Waals surface area contributed by atoms with Crippen LogP contribution in [0.4, 0.5) is 10.1 Å². The lowest BCUT2D eigenvalue weighted by molar-refractivity contribution is -0.133. The lowest BCUT2D eigenvalue weighted by Gasteiger charge is -2.36. The van der Waals surface area contributed by atoms with Crippen LogP contribution < -0.4 is 5.32 Å². The fourth-order valence-electron chi connectivity index (χ4n) is 7.06. The first-order chi connectivity index (χ1) is 21.8. The van der Waals surface area contributed by atoms with Crippen molar-refractivity contribution >= 4 is 45.2 Å². The quantitative estimate of drug-likeness (QED) is 0.329. The topological polar surface area (TPSA) is 82.2 Å². The van der Waals surface area contributed by atoms with Crippen molar-refractivity contribution in [1.82, 2.24) is 14.7 Å². The van der Waals surface area contributed by atoms with Gasteiger partial charge in [-0.05, 0) is 69.3 Å². The molecule has 1 N–H and O–H groups in total. The summed E-state index contributed by atoms with van der Waals surface area (Å²) in [6.07, 6.45) is 5.38. The molecule has 6 rings (SSSR count). The number of carbonyl (C=O) groups is 3. The predicted molar refractivity (Wildman–Crippen MR) is 175 cm³/mol. The Kier molecular flexibility index (Phi) is 9.94. The number of amides is 2. The Morgan fingerprint density at radius 3 is 2.60 bits per heavy atom. The third kappa shape index (κ3) is 7.30. The molecule has 2 aliphatic heterocycles. The Hall–Kier alpha value is -3.18. The molecule has 240 valence electrons. The number of thiophene rings is 1. The number of aldehydes is 1. The summed E-state index contributed by atoms with van der Waals surface area (Å²) in [5.74, 6) is -0.767. The number of nitrogens with one attached hydrogen (secondary N) is 1. The first kappa shape index (κ1) is 31.8. The van der Waals surface area contributed by atoms with Crippen molar-refractivity contribution in [2.75, 3.05) is 51.7 Å². The van der Waals surface area contributed by atoms with Crippen LogP contribution in [0.5, 0.6) is 0 Å². The molecule has 1 aromatic heterocycles. The summed E-state index contributed by atoms with van der Waals surface area (Å²) >= 11 is 1.50. The summed E-state index contributed by atoms with van der Waals surface area (Å²) in [5, 5.41) is 5.56. The number of hydrogen-bond donors (Lipinski definition) is 1. The first-order valence-corrected chi connectivity index (χ1v) is 17.0. The van der Waals surface area contributed by atoms with Gasteiger partial charge < -0.3 is 24.6 Å². The smallest absolute Gasteiger partial charge is 0.257 e. The summed E-state index contributed by atoms with van der Waals surface area (Å²) in [5.41, 5.74) is 1.99. The van der Waals surface area contributed by atoms with Crippen LogP contribution in [0.1, 0.15) is 53.6 Å². The summed E-state index contributed by atoms with van der Waals surface area (Å²) in [4.78, 5) is 44.8. The van der Waals surface area contributed by atoms with Crippen LogP contribution >= 0.6 is 11.3 Å². The predicted octanol–water partition coefficient (Wildman–Crippen LogP) is 5.13. The Bertz CT molecular complexity index is 1530. The highest BCUT2D eigenvalue weighted by molar-refractivity contribution is 7.17.